The number of H-pyrrole nitrogens is 1. The van der Waals surface area contributed by atoms with Crippen LogP contribution in [0.1, 0.15) is 0 Å². The highest BCUT2D eigenvalue weighted by Crippen LogP contribution is 2.19. The molecule has 1 N–H and O–H groups in total. The minimum absolute atomic E-state index is 0.297. The number of rotatable bonds is 0. The van der Waals surface area contributed by atoms with Crippen molar-refractivity contribution in [3.05, 3.63) is 46.9 Å². The third kappa shape index (κ3) is 1.19. The Morgan fingerprint density at radius 2 is 2.07 bits per heavy atom. The zero-order valence-corrected chi connectivity index (χ0v) is 7.77. The van der Waals surface area contributed by atoms with Crippen LogP contribution in [-0.4, -0.2) is 15.2 Å². The summed E-state index contributed by atoms with van der Waals surface area (Å²) in [6.45, 7) is 0. The van der Waals surface area contributed by atoms with E-state index in [2.05, 4.69) is 15.2 Å². The predicted molar refractivity (Wildman–Crippen MR) is 56.8 cm³/mol. The van der Waals surface area contributed by atoms with E-state index in [1.54, 1.807) is 6.20 Å². The van der Waals surface area contributed by atoms with Crippen LogP contribution in [-0.2, 0) is 0 Å². The van der Waals surface area contributed by atoms with E-state index in [-0.39, 0.29) is 5.56 Å². The highest BCUT2D eigenvalue weighted by atomic mass is 16.1. The van der Waals surface area contributed by atoms with Gasteiger partial charge in [0.2, 0.25) is 0 Å². The second-order valence-electron chi connectivity index (χ2n) is 3.33. The van der Waals surface area contributed by atoms with Gasteiger partial charge < -0.3 is 4.98 Å². The van der Waals surface area contributed by atoms with Crippen LogP contribution in [0.4, 0.5) is 0 Å². The SMILES string of the molecule is O=c1nncc2[nH]c3ccccc3cc1-2. The van der Waals surface area contributed by atoms with Crippen LogP contribution in [0.5, 0.6) is 0 Å². The van der Waals surface area contributed by atoms with Gasteiger partial charge in [-0.3, -0.25) is 4.79 Å². The van der Waals surface area contributed by atoms with E-state index in [4.69, 9.17) is 0 Å². The molecule has 2 aliphatic heterocycles. The van der Waals surface area contributed by atoms with Gasteiger partial charge in [-0.25, -0.2) is 0 Å². The van der Waals surface area contributed by atoms with E-state index >= 15 is 0 Å². The van der Waals surface area contributed by atoms with Crippen molar-refractivity contribution in [2.75, 3.05) is 0 Å². The molecular formula is C11H7N3O. The van der Waals surface area contributed by atoms with Crippen LogP contribution < -0.4 is 5.56 Å². The lowest BCUT2D eigenvalue weighted by molar-refractivity contribution is 0.981. The first-order valence-corrected chi connectivity index (χ1v) is 4.58. The van der Waals surface area contributed by atoms with E-state index in [9.17, 15) is 4.79 Å². The highest BCUT2D eigenvalue weighted by Gasteiger charge is 2.08. The lowest BCUT2D eigenvalue weighted by atomic mass is 10.1. The number of hydrogen-bond donors (Lipinski definition) is 1. The maximum Gasteiger partial charge on any atom is 0.297 e. The first kappa shape index (κ1) is 8.11. The largest absolute Gasteiger partial charge is 0.353 e. The summed E-state index contributed by atoms with van der Waals surface area (Å²) in [6.07, 6.45) is 1.56. The van der Waals surface area contributed by atoms with Gasteiger partial charge in [0.25, 0.3) is 5.56 Å². The maximum atomic E-state index is 11.4. The molecule has 4 heteroatoms. The number of fused-ring (bicyclic) bond motifs is 2. The lowest BCUT2D eigenvalue weighted by Gasteiger charge is -2.05. The number of pyridine rings is 1. The summed E-state index contributed by atoms with van der Waals surface area (Å²) >= 11 is 0. The summed E-state index contributed by atoms with van der Waals surface area (Å²) in [5.74, 6) is 0. The number of para-hydroxylation sites is 1. The summed E-state index contributed by atoms with van der Waals surface area (Å²) in [4.78, 5) is 14.6. The topological polar surface area (TPSA) is 58.6 Å². The number of hydrogen-bond acceptors (Lipinski definition) is 3. The average molecular weight is 197 g/mol. The molecule has 4 nitrogen and oxygen atoms in total. The molecule has 0 fully saturated rings. The molecule has 0 amide bonds. The van der Waals surface area contributed by atoms with E-state index < -0.39 is 0 Å². The van der Waals surface area contributed by atoms with Gasteiger partial charge in [-0.05, 0) is 17.5 Å². The molecule has 1 aromatic rings. The molecule has 0 aromatic heterocycles. The summed E-state index contributed by atoms with van der Waals surface area (Å²) in [5.41, 5.74) is 1.98. The van der Waals surface area contributed by atoms with Gasteiger partial charge in [-0.15, -0.1) is 5.10 Å². The normalized spacial score (nSPS) is 10.9. The Kier molecular flexibility index (Phi) is 1.56. The smallest absolute Gasteiger partial charge is 0.297 e. The highest BCUT2D eigenvalue weighted by molar-refractivity contribution is 5.84. The summed E-state index contributed by atoms with van der Waals surface area (Å²) in [5, 5.41) is 8.11. The van der Waals surface area contributed by atoms with E-state index in [0.717, 1.165) is 10.9 Å². The molecule has 1 aromatic carbocycles. The van der Waals surface area contributed by atoms with Gasteiger partial charge in [0.15, 0.2) is 0 Å². The second kappa shape index (κ2) is 2.88. The Labute approximate surface area is 84.9 Å². The first-order valence-electron chi connectivity index (χ1n) is 4.58. The number of nitrogens with one attached hydrogen (secondary N) is 1. The number of aromatic amines is 1. The van der Waals surface area contributed by atoms with Gasteiger partial charge >= 0.3 is 0 Å². The Hall–Kier alpha value is -2.23. The molecule has 0 bridgehead atoms. The van der Waals surface area contributed by atoms with Crippen molar-refractivity contribution in [2.24, 2.45) is 0 Å². The molecule has 15 heavy (non-hydrogen) atoms. The molecule has 3 rings (SSSR count). The van der Waals surface area contributed by atoms with Gasteiger partial charge in [-0.2, -0.15) is 5.10 Å². The first-order chi connectivity index (χ1) is 7.34. The molecule has 0 spiro atoms. The molecule has 0 saturated carbocycles. The maximum absolute atomic E-state index is 11.4. The Bertz CT molecular complexity index is 659. The van der Waals surface area contributed by atoms with Crippen LogP contribution >= 0.6 is 0 Å². The number of benzene rings is 1. The minimum atomic E-state index is -0.297. The van der Waals surface area contributed by atoms with E-state index in [1.165, 1.54) is 0 Å². The standard InChI is InChI=1S/C11H7N3O/c15-11-8-5-7-3-1-2-4-9(7)13-10(8)6-12-14-11/h1-6,13H. The Balaban J connectivity index is 2.54. The molecule has 0 radical (unpaired) electrons. The predicted octanol–water partition coefficient (Wildman–Crippen LogP) is 1.42. The number of nitrogens with zero attached hydrogens (tertiary/aromatic N) is 2. The van der Waals surface area contributed by atoms with Crippen molar-refractivity contribution < 1.29 is 0 Å². The van der Waals surface area contributed by atoms with Crippen molar-refractivity contribution in [1.29, 1.82) is 0 Å². The van der Waals surface area contributed by atoms with Gasteiger partial charge in [0.05, 0.1) is 17.5 Å². The van der Waals surface area contributed by atoms with Crippen molar-refractivity contribution in [2.45, 2.75) is 0 Å². The molecular weight excluding hydrogens is 190 g/mol. The van der Waals surface area contributed by atoms with Gasteiger partial charge in [-0.1, -0.05) is 18.2 Å². The minimum Gasteiger partial charge on any atom is -0.353 e. The third-order valence-corrected chi connectivity index (χ3v) is 2.39. The summed E-state index contributed by atoms with van der Waals surface area (Å²) < 4.78 is 0. The molecule has 72 valence electrons. The van der Waals surface area contributed by atoms with Crippen molar-refractivity contribution in [1.82, 2.24) is 15.2 Å². The number of aromatic nitrogens is 3. The third-order valence-electron chi connectivity index (χ3n) is 2.39. The van der Waals surface area contributed by atoms with Crippen LogP contribution in [0.15, 0.2) is 41.3 Å². The fourth-order valence-electron chi connectivity index (χ4n) is 1.65. The van der Waals surface area contributed by atoms with Crippen molar-refractivity contribution in [3.63, 3.8) is 0 Å². The molecule has 2 aliphatic rings. The van der Waals surface area contributed by atoms with E-state index in [1.807, 2.05) is 30.3 Å². The molecule has 0 aliphatic carbocycles. The fourth-order valence-corrected chi connectivity index (χ4v) is 1.65. The quantitative estimate of drug-likeness (QED) is 0.554. The van der Waals surface area contributed by atoms with Crippen molar-refractivity contribution >= 4 is 10.9 Å². The fraction of sp³-hybridized carbons (Fsp3) is 0. The molecule has 0 atom stereocenters. The van der Waals surface area contributed by atoms with Gasteiger partial charge in [0.1, 0.15) is 0 Å². The molecule has 2 heterocycles. The monoisotopic (exact) mass is 197 g/mol. The second-order valence-corrected chi connectivity index (χ2v) is 3.33. The Morgan fingerprint density at radius 1 is 1.20 bits per heavy atom. The van der Waals surface area contributed by atoms with Crippen LogP contribution in [0.2, 0.25) is 0 Å². The summed E-state index contributed by atoms with van der Waals surface area (Å²) in [6, 6.07) is 9.61. The molecule has 0 unspecified atom stereocenters. The van der Waals surface area contributed by atoms with Gasteiger partial charge in [0, 0.05) is 5.52 Å². The Morgan fingerprint density at radius 3 is 3.00 bits per heavy atom. The average Bonchev–Trinajstić information content (AvgIpc) is 2.27. The summed E-state index contributed by atoms with van der Waals surface area (Å²) in [7, 11) is 0. The van der Waals surface area contributed by atoms with Crippen LogP contribution in [0, 0.1) is 0 Å². The van der Waals surface area contributed by atoms with Crippen LogP contribution in [0.3, 0.4) is 0 Å². The zero-order chi connectivity index (χ0) is 10.3. The van der Waals surface area contributed by atoms with Crippen molar-refractivity contribution in [3.8, 4) is 11.3 Å². The zero-order valence-electron chi connectivity index (χ0n) is 7.77. The lowest BCUT2D eigenvalue weighted by Crippen LogP contribution is -2.12. The molecule has 0 saturated heterocycles. The van der Waals surface area contributed by atoms with E-state index in [0.29, 0.717) is 11.3 Å². The van der Waals surface area contributed by atoms with Crippen LogP contribution in [0.25, 0.3) is 22.2 Å².